The predicted molar refractivity (Wildman–Crippen MR) is 80.1 cm³/mol. The highest BCUT2D eigenvalue weighted by Crippen LogP contribution is 2.23. The molecule has 3 amide bonds. The van der Waals surface area contributed by atoms with Crippen LogP contribution in [0.3, 0.4) is 0 Å². The highest BCUT2D eigenvalue weighted by Gasteiger charge is 2.39. The van der Waals surface area contributed by atoms with Gasteiger partial charge in [-0.1, -0.05) is 39.0 Å². The lowest BCUT2D eigenvalue weighted by Gasteiger charge is -2.18. The highest BCUT2D eigenvalue weighted by molar-refractivity contribution is 6.30. The normalized spacial score (nSPS) is 18.9. The Balaban J connectivity index is 2.24. The van der Waals surface area contributed by atoms with Crippen LogP contribution in [0, 0.1) is 0 Å². The first-order valence-electron chi connectivity index (χ1n) is 6.50. The standard InChI is InChI=1S/C14H17ClN4O2/c1-8(15)5-10-11(20)19(13(21)18-10)9-6-16-12(17-7-9)14(2,3)4/h6-7,10H,1,5H2,2-4H3,(H,18,21). The van der Waals surface area contributed by atoms with Crippen molar-refractivity contribution >= 4 is 29.2 Å². The van der Waals surface area contributed by atoms with Crippen LogP contribution < -0.4 is 10.2 Å². The molecule has 1 aliphatic heterocycles. The van der Waals surface area contributed by atoms with Gasteiger partial charge in [0.25, 0.3) is 5.91 Å². The number of carbonyl (C=O) groups is 2. The van der Waals surface area contributed by atoms with Gasteiger partial charge in [-0.3, -0.25) is 4.79 Å². The predicted octanol–water partition coefficient (Wildman–Crippen LogP) is 2.34. The Morgan fingerprint density at radius 2 is 1.95 bits per heavy atom. The molecule has 112 valence electrons. The van der Waals surface area contributed by atoms with Crippen LogP contribution in [0.2, 0.25) is 0 Å². The molecule has 1 aromatic rings. The molecule has 21 heavy (non-hydrogen) atoms. The number of halogens is 1. The summed E-state index contributed by atoms with van der Waals surface area (Å²) in [6.07, 6.45) is 3.15. The molecule has 0 bridgehead atoms. The number of aromatic nitrogens is 2. The molecule has 0 aliphatic carbocycles. The van der Waals surface area contributed by atoms with Crippen LogP contribution in [0.15, 0.2) is 24.0 Å². The molecule has 0 saturated carbocycles. The Morgan fingerprint density at radius 3 is 2.43 bits per heavy atom. The Morgan fingerprint density at radius 1 is 1.38 bits per heavy atom. The zero-order valence-corrected chi connectivity index (χ0v) is 12.9. The zero-order valence-electron chi connectivity index (χ0n) is 12.2. The lowest BCUT2D eigenvalue weighted by molar-refractivity contribution is -0.118. The average molecular weight is 309 g/mol. The zero-order chi connectivity index (χ0) is 15.8. The molecule has 0 spiro atoms. The number of anilines is 1. The first kappa shape index (κ1) is 15.4. The molecule has 1 fully saturated rings. The topological polar surface area (TPSA) is 75.2 Å². The van der Waals surface area contributed by atoms with E-state index in [1.807, 2.05) is 20.8 Å². The van der Waals surface area contributed by atoms with Gasteiger partial charge in [0.2, 0.25) is 0 Å². The summed E-state index contributed by atoms with van der Waals surface area (Å²) in [5, 5.41) is 2.88. The van der Waals surface area contributed by atoms with E-state index in [1.54, 1.807) is 0 Å². The van der Waals surface area contributed by atoms with Gasteiger partial charge in [-0.05, 0) is 0 Å². The van der Waals surface area contributed by atoms with Crippen molar-refractivity contribution in [3.05, 3.63) is 29.8 Å². The van der Waals surface area contributed by atoms with Gasteiger partial charge in [0.05, 0.1) is 18.1 Å². The third-order valence-electron chi connectivity index (χ3n) is 3.01. The van der Waals surface area contributed by atoms with Crippen molar-refractivity contribution in [3.8, 4) is 0 Å². The van der Waals surface area contributed by atoms with Crippen LogP contribution in [0.4, 0.5) is 10.5 Å². The van der Waals surface area contributed by atoms with Gasteiger partial charge in [0.15, 0.2) is 0 Å². The van der Waals surface area contributed by atoms with Gasteiger partial charge in [-0.15, -0.1) is 0 Å². The minimum Gasteiger partial charge on any atom is -0.325 e. The monoisotopic (exact) mass is 308 g/mol. The number of imide groups is 1. The van der Waals surface area contributed by atoms with Gasteiger partial charge in [0, 0.05) is 16.9 Å². The van der Waals surface area contributed by atoms with E-state index in [0.29, 0.717) is 16.5 Å². The molecule has 1 N–H and O–H groups in total. The Bertz CT molecular complexity index is 592. The Labute approximate surface area is 128 Å². The summed E-state index contributed by atoms with van der Waals surface area (Å²) >= 11 is 5.69. The second-order valence-electron chi connectivity index (χ2n) is 5.91. The van der Waals surface area contributed by atoms with Gasteiger partial charge < -0.3 is 5.32 Å². The number of nitrogens with one attached hydrogen (secondary N) is 1. The first-order valence-corrected chi connectivity index (χ1v) is 6.88. The molecule has 1 atom stereocenters. The minimum absolute atomic E-state index is 0.198. The number of amides is 3. The Kier molecular flexibility index (Phi) is 4.00. The third kappa shape index (κ3) is 3.21. The second-order valence-corrected chi connectivity index (χ2v) is 6.45. The fourth-order valence-corrected chi connectivity index (χ4v) is 2.11. The lowest BCUT2D eigenvalue weighted by Crippen LogP contribution is -2.32. The van der Waals surface area contributed by atoms with E-state index in [0.717, 1.165) is 4.90 Å². The van der Waals surface area contributed by atoms with E-state index in [1.165, 1.54) is 12.4 Å². The van der Waals surface area contributed by atoms with Gasteiger partial charge in [-0.2, -0.15) is 0 Å². The van der Waals surface area contributed by atoms with Crippen molar-refractivity contribution in [2.24, 2.45) is 0 Å². The van der Waals surface area contributed by atoms with Crippen LogP contribution in [0.25, 0.3) is 0 Å². The number of rotatable bonds is 3. The van der Waals surface area contributed by atoms with E-state index in [2.05, 4.69) is 21.9 Å². The molecule has 2 heterocycles. The maximum atomic E-state index is 12.2. The van der Waals surface area contributed by atoms with Gasteiger partial charge in [0.1, 0.15) is 11.9 Å². The molecule has 6 nitrogen and oxygen atoms in total. The van der Waals surface area contributed by atoms with E-state index in [4.69, 9.17) is 11.6 Å². The first-order chi connectivity index (χ1) is 9.70. The number of hydrogen-bond acceptors (Lipinski definition) is 4. The van der Waals surface area contributed by atoms with Crippen LogP contribution in [0.1, 0.15) is 33.0 Å². The number of urea groups is 1. The minimum atomic E-state index is -0.690. The second kappa shape index (κ2) is 5.44. The molecule has 2 rings (SSSR count). The summed E-state index contributed by atoms with van der Waals surface area (Å²) in [5.74, 6) is 0.262. The van der Waals surface area contributed by atoms with Gasteiger partial charge >= 0.3 is 6.03 Å². The lowest BCUT2D eigenvalue weighted by atomic mass is 9.96. The molecule has 1 saturated heterocycles. The van der Waals surface area contributed by atoms with E-state index < -0.39 is 12.1 Å². The smallest absolute Gasteiger partial charge is 0.325 e. The molecular weight excluding hydrogens is 292 g/mol. The van der Waals surface area contributed by atoms with Crippen LogP contribution in [-0.2, 0) is 10.2 Å². The molecule has 1 unspecified atom stereocenters. The van der Waals surface area contributed by atoms with Crippen LogP contribution in [-0.4, -0.2) is 27.9 Å². The summed E-state index contributed by atoms with van der Waals surface area (Å²) in [4.78, 5) is 33.6. The van der Waals surface area contributed by atoms with Crippen molar-refractivity contribution in [2.45, 2.75) is 38.6 Å². The van der Waals surface area contributed by atoms with Crippen molar-refractivity contribution in [1.82, 2.24) is 15.3 Å². The van der Waals surface area contributed by atoms with Crippen molar-refractivity contribution in [1.29, 1.82) is 0 Å². The van der Waals surface area contributed by atoms with Crippen LogP contribution >= 0.6 is 11.6 Å². The van der Waals surface area contributed by atoms with Gasteiger partial charge in [-0.25, -0.2) is 19.7 Å². The largest absolute Gasteiger partial charge is 0.329 e. The molecule has 0 radical (unpaired) electrons. The van der Waals surface area contributed by atoms with E-state index in [-0.39, 0.29) is 17.7 Å². The van der Waals surface area contributed by atoms with E-state index >= 15 is 0 Å². The number of hydrogen-bond donors (Lipinski definition) is 1. The summed E-state index contributed by atoms with van der Waals surface area (Å²) < 4.78 is 0. The fraction of sp³-hybridized carbons (Fsp3) is 0.429. The maximum Gasteiger partial charge on any atom is 0.329 e. The summed E-state index contributed by atoms with van der Waals surface area (Å²) in [5.41, 5.74) is 0.141. The maximum absolute atomic E-state index is 12.2. The van der Waals surface area contributed by atoms with E-state index in [9.17, 15) is 9.59 Å². The molecule has 7 heteroatoms. The molecule has 1 aliphatic rings. The van der Waals surface area contributed by atoms with Crippen LogP contribution in [0.5, 0.6) is 0 Å². The summed E-state index contributed by atoms with van der Waals surface area (Å²) in [6, 6.07) is -1.19. The number of carbonyl (C=O) groups excluding carboxylic acids is 2. The third-order valence-corrected chi connectivity index (χ3v) is 3.17. The summed E-state index contributed by atoms with van der Waals surface area (Å²) in [6.45, 7) is 9.49. The molecule has 0 aromatic carbocycles. The highest BCUT2D eigenvalue weighted by atomic mass is 35.5. The quantitative estimate of drug-likeness (QED) is 0.870. The van der Waals surface area contributed by atoms with Crippen molar-refractivity contribution in [2.75, 3.05) is 4.90 Å². The molecular formula is C14H17ClN4O2. The van der Waals surface area contributed by atoms with Crippen molar-refractivity contribution < 1.29 is 9.59 Å². The SMILES string of the molecule is C=C(Cl)CC1NC(=O)N(c2cnc(C(C)(C)C)nc2)C1=O. The molecule has 1 aromatic heterocycles. The Hall–Kier alpha value is -1.95. The summed E-state index contributed by atoms with van der Waals surface area (Å²) in [7, 11) is 0. The van der Waals surface area contributed by atoms with Crippen molar-refractivity contribution in [3.63, 3.8) is 0 Å². The average Bonchev–Trinajstić information content (AvgIpc) is 2.63. The number of nitrogens with zero attached hydrogens (tertiary/aromatic N) is 3. The fourth-order valence-electron chi connectivity index (χ4n) is 1.96.